The molecule has 26 heavy (non-hydrogen) atoms. The van der Waals surface area contributed by atoms with Gasteiger partial charge in [-0.3, -0.25) is 0 Å². The van der Waals surface area contributed by atoms with E-state index >= 15 is 0 Å². The summed E-state index contributed by atoms with van der Waals surface area (Å²) in [6.07, 6.45) is 0. The first kappa shape index (κ1) is 19.7. The molecule has 152 valence electrons. The van der Waals surface area contributed by atoms with E-state index < -0.39 is 6.56 Å². The first-order chi connectivity index (χ1) is 12.7. The first-order valence-electron chi connectivity index (χ1n) is 9.81. The molecule has 0 unspecified atom stereocenters. The summed E-state index contributed by atoms with van der Waals surface area (Å²) in [4.78, 5) is 0. The Balaban J connectivity index is 1.79. The second-order valence-corrected chi connectivity index (χ2v) is 12.9. The zero-order valence-corrected chi connectivity index (χ0v) is 17.2. The van der Waals surface area contributed by atoms with Crippen LogP contribution in [-0.4, -0.2) is 124 Å². The summed E-state index contributed by atoms with van der Waals surface area (Å²) in [7, 11) is 0. The summed E-state index contributed by atoms with van der Waals surface area (Å²) in [5.41, 5.74) is 0. The zero-order chi connectivity index (χ0) is 17.9. The van der Waals surface area contributed by atoms with E-state index in [0.717, 1.165) is 105 Å². The topological polar surface area (TPSA) is 49.9 Å². The molecule has 0 saturated carbocycles. The van der Waals surface area contributed by atoms with Gasteiger partial charge in [0.25, 0.3) is 0 Å². The molecule has 4 aliphatic rings. The van der Waals surface area contributed by atoms with Crippen LogP contribution >= 0.6 is 17.8 Å². The van der Waals surface area contributed by atoms with Crippen LogP contribution in [-0.2, 0) is 18.9 Å². The van der Waals surface area contributed by atoms with Crippen LogP contribution in [0.5, 0.6) is 0 Å². The van der Waals surface area contributed by atoms with Gasteiger partial charge in [0.1, 0.15) is 0 Å². The second kappa shape index (κ2) is 8.41. The Morgan fingerprint density at radius 2 is 0.615 bits per heavy atom. The first-order valence-corrected chi connectivity index (χ1v) is 12.8. The third-order valence-corrected chi connectivity index (χ3v) is 14.0. The van der Waals surface area contributed by atoms with Gasteiger partial charge >= 0.3 is 161 Å². The molecular weight excluding hydrogens is 379 g/mol. The molecule has 0 N–H and O–H groups in total. The normalized spacial score (nSPS) is 30.7. The maximum atomic E-state index is 8.13. The molecule has 0 spiro atoms. The molecular formula is C16H32ClN4O4P. The van der Waals surface area contributed by atoms with E-state index in [1.165, 1.54) is 0 Å². The van der Waals surface area contributed by atoms with Crippen LogP contribution in [0.25, 0.3) is 0 Å². The van der Waals surface area contributed by atoms with Crippen molar-refractivity contribution in [2.24, 2.45) is 0 Å². The quantitative estimate of drug-likeness (QED) is 0.627. The molecule has 0 radical (unpaired) electrons. The van der Waals surface area contributed by atoms with Crippen LogP contribution in [0.1, 0.15) is 0 Å². The van der Waals surface area contributed by atoms with Gasteiger partial charge in [0, 0.05) is 0 Å². The van der Waals surface area contributed by atoms with Gasteiger partial charge in [-0.05, 0) is 0 Å². The molecule has 10 heteroatoms. The van der Waals surface area contributed by atoms with Crippen molar-refractivity contribution in [2.45, 2.75) is 0 Å². The van der Waals surface area contributed by atoms with Gasteiger partial charge in [-0.2, -0.15) is 0 Å². The molecule has 4 aliphatic heterocycles. The molecule has 4 fully saturated rings. The molecule has 4 saturated heterocycles. The van der Waals surface area contributed by atoms with Crippen LogP contribution in [0.2, 0.25) is 0 Å². The molecule has 0 bridgehead atoms. The Labute approximate surface area is 161 Å². The number of ether oxygens (including phenoxy) is 4. The number of morpholine rings is 4. The summed E-state index contributed by atoms with van der Waals surface area (Å²) in [5, 5.41) is 0. The van der Waals surface area contributed by atoms with Crippen molar-refractivity contribution in [3.63, 3.8) is 0 Å². The number of hydrogen-bond acceptors (Lipinski definition) is 8. The zero-order valence-electron chi connectivity index (χ0n) is 15.6. The fraction of sp³-hybridized carbons (Fsp3) is 1.00. The van der Waals surface area contributed by atoms with Crippen molar-refractivity contribution in [3.05, 3.63) is 0 Å². The average Bonchev–Trinajstić information content (AvgIpc) is 2.76. The summed E-state index contributed by atoms with van der Waals surface area (Å²) < 4.78 is 33.0. The minimum absolute atomic E-state index is 0.740. The Morgan fingerprint density at radius 3 is 0.808 bits per heavy atom. The number of hydrogen-bond donors (Lipinski definition) is 0. The van der Waals surface area contributed by atoms with E-state index in [2.05, 4.69) is 18.7 Å². The van der Waals surface area contributed by atoms with Crippen LogP contribution in [0.15, 0.2) is 0 Å². The summed E-state index contributed by atoms with van der Waals surface area (Å²) in [5.74, 6) is 0. The Kier molecular flexibility index (Phi) is 6.38. The van der Waals surface area contributed by atoms with Crippen LogP contribution in [0, 0.1) is 0 Å². The molecule has 0 aliphatic carbocycles. The molecule has 0 aromatic carbocycles. The van der Waals surface area contributed by atoms with Gasteiger partial charge in [-0.15, -0.1) is 0 Å². The van der Waals surface area contributed by atoms with Gasteiger partial charge in [-0.1, -0.05) is 0 Å². The van der Waals surface area contributed by atoms with E-state index in [4.69, 9.17) is 30.2 Å². The predicted molar refractivity (Wildman–Crippen MR) is 102 cm³/mol. The average molecular weight is 411 g/mol. The monoisotopic (exact) mass is 410 g/mol. The third kappa shape index (κ3) is 3.22. The van der Waals surface area contributed by atoms with Crippen LogP contribution in [0.4, 0.5) is 0 Å². The summed E-state index contributed by atoms with van der Waals surface area (Å²) in [6, 6.07) is 0. The van der Waals surface area contributed by atoms with E-state index in [1.54, 1.807) is 0 Å². The fourth-order valence-electron chi connectivity index (χ4n) is 4.66. The van der Waals surface area contributed by atoms with Crippen molar-refractivity contribution in [2.75, 3.05) is 105 Å². The molecule has 8 nitrogen and oxygen atoms in total. The summed E-state index contributed by atoms with van der Waals surface area (Å²) >= 11 is 8.13. The van der Waals surface area contributed by atoms with E-state index in [9.17, 15) is 0 Å². The van der Waals surface area contributed by atoms with Crippen LogP contribution in [0.3, 0.4) is 0 Å². The second-order valence-electron chi connectivity index (χ2n) is 7.10. The van der Waals surface area contributed by atoms with Gasteiger partial charge in [0.05, 0.1) is 0 Å². The van der Waals surface area contributed by atoms with E-state index in [0.29, 0.717) is 0 Å². The molecule has 0 atom stereocenters. The standard InChI is InChI=1S/C16H32ClN4O4P/c17-26(18-1-9-22-10-2-18,19-3-11-23-12-4-19,20-5-13-24-14-6-20)21-7-15-25-16-8-21/h1-16H2. The fourth-order valence-corrected chi connectivity index (χ4v) is 12.0. The Morgan fingerprint density at radius 1 is 0.423 bits per heavy atom. The molecule has 0 aromatic rings. The minimum atomic E-state index is -3.22. The SMILES string of the molecule is ClP(N1CCOCC1)(N1CCOCC1)(N1CCOCC1)N1CCOCC1. The maximum absolute atomic E-state index is 8.13. The van der Waals surface area contributed by atoms with Crippen molar-refractivity contribution in [3.8, 4) is 0 Å². The van der Waals surface area contributed by atoms with Crippen molar-refractivity contribution >= 4 is 17.8 Å². The van der Waals surface area contributed by atoms with Gasteiger partial charge in [0.15, 0.2) is 0 Å². The van der Waals surface area contributed by atoms with E-state index in [1.807, 2.05) is 0 Å². The number of rotatable bonds is 4. The number of halogens is 1. The third-order valence-electron chi connectivity index (χ3n) is 5.90. The van der Waals surface area contributed by atoms with Crippen LogP contribution < -0.4 is 0 Å². The summed E-state index contributed by atoms with van der Waals surface area (Å²) in [6.45, 7) is 9.64. The van der Waals surface area contributed by atoms with Crippen molar-refractivity contribution in [1.29, 1.82) is 0 Å². The molecule has 0 amide bonds. The van der Waals surface area contributed by atoms with Gasteiger partial charge in [0.2, 0.25) is 0 Å². The van der Waals surface area contributed by atoms with E-state index in [-0.39, 0.29) is 0 Å². The number of nitrogens with zero attached hydrogens (tertiary/aromatic N) is 4. The van der Waals surface area contributed by atoms with Crippen molar-refractivity contribution < 1.29 is 18.9 Å². The molecule has 0 aromatic heterocycles. The Hall–Kier alpha value is 0.400. The van der Waals surface area contributed by atoms with Gasteiger partial charge < -0.3 is 0 Å². The Bertz CT molecular complexity index is 384. The predicted octanol–water partition coefficient (Wildman–Crippen LogP) is 0.682. The van der Waals surface area contributed by atoms with Crippen molar-refractivity contribution in [1.82, 2.24) is 18.7 Å². The van der Waals surface area contributed by atoms with Gasteiger partial charge in [-0.25, -0.2) is 0 Å². The molecule has 4 rings (SSSR count). The molecule has 4 heterocycles.